The molecule has 28 heavy (non-hydrogen) atoms. The first-order valence-corrected chi connectivity index (χ1v) is 10.5. The second kappa shape index (κ2) is 9.00. The molecule has 158 valence electrons. The summed E-state index contributed by atoms with van der Waals surface area (Å²) < 4.78 is 73.2. The van der Waals surface area contributed by atoms with Crippen LogP contribution < -0.4 is 4.74 Å². The molecule has 2 unspecified atom stereocenters. The standard InChI is InChI=1S/C22H29F5O/c1-2-14-4-3-5-15(7-6-14)16-8-10-17(11-9-16)22(26,27)28-18-12-19(23)21(25)20(24)13-18/h12-17H,2-11H2,1H3. The van der Waals surface area contributed by atoms with Crippen molar-refractivity contribution in [3.8, 4) is 5.75 Å². The quantitative estimate of drug-likeness (QED) is 0.281. The smallest absolute Gasteiger partial charge is 0.400 e. The van der Waals surface area contributed by atoms with E-state index in [4.69, 9.17) is 0 Å². The van der Waals surface area contributed by atoms with E-state index in [1.165, 1.54) is 38.5 Å². The minimum Gasteiger partial charge on any atom is -0.432 e. The molecule has 0 spiro atoms. The van der Waals surface area contributed by atoms with Gasteiger partial charge in [0.2, 0.25) is 0 Å². The van der Waals surface area contributed by atoms with Crippen molar-refractivity contribution in [3.05, 3.63) is 29.6 Å². The summed E-state index contributed by atoms with van der Waals surface area (Å²) in [7, 11) is 0. The first-order valence-electron chi connectivity index (χ1n) is 10.5. The van der Waals surface area contributed by atoms with Crippen LogP contribution in [0.2, 0.25) is 0 Å². The van der Waals surface area contributed by atoms with Crippen LogP contribution in [0, 0.1) is 41.1 Å². The van der Waals surface area contributed by atoms with Gasteiger partial charge < -0.3 is 4.74 Å². The zero-order valence-electron chi connectivity index (χ0n) is 16.3. The lowest BCUT2D eigenvalue weighted by Gasteiger charge is -2.36. The van der Waals surface area contributed by atoms with Gasteiger partial charge in [-0.3, -0.25) is 0 Å². The van der Waals surface area contributed by atoms with Crippen molar-refractivity contribution < 1.29 is 26.7 Å². The van der Waals surface area contributed by atoms with Gasteiger partial charge in [0.25, 0.3) is 0 Å². The van der Waals surface area contributed by atoms with E-state index in [0.717, 1.165) is 18.8 Å². The molecule has 3 rings (SSSR count). The summed E-state index contributed by atoms with van der Waals surface area (Å²) >= 11 is 0. The first-order chi connectivity index (χ1) is 13.3. The van der Waals surface area contributed by atoms with Gasteiger partial charge in [-0.25, -0.2) is 13.2 Å². The molecule has 0 saturated heterocycles. The molecule has 0 heterocycles. The van der Waals surface area contributed by atoms with Crippen molar-refractivity contribution in [1.82, 2.24) is 0 Å². The Labute approximate surface area is 163 Å². The zero-order chi connectivity index (χ0) is 20.3. The molecule has 6 heteroatoms. The van der Waals surface area contributed by atoms with Crippen molar-refractivity contribution in [2.24, 2.45) is 23.7 Å². The molecular formula is C22H29F5O. The Balaban J connectivity index is 1.56. The summed E-state index contributed by atoms with van der Waals surface area (Å²) in [6.45, 7) is 2.23. The summed E-state index contributed by atoms with van der Waals surface area (Å²) in [6, 6.07) is 0.932. The lowest BCUT2D eigenvalue weighted by molar-refractivity contribution is -0.224. The number of hydrogen-bond acceptors (Lipinski definition) is 1. The van der Waals surface area contributed by atoms with Gasteiger partial charge >= 0.3 is 6.11 Å². The SMILES string of the molecule is CCC1CCCC(C2CCC(C(F)(F)Oc3cc(F)c(F)c(F)c3)CC2)CC1. The summed E-state index contributed by atoms with van der Waals surface area (Å²) in [5.41, 5.74) is 0. The molecule has 0 amide bonds. The maximum absolute atomic E-state index is 14.5. The van der Waals surface area contributed by atoms with Gasteiger partial charge in [-0.15, -0.1) is 0 Å². The van der Waals surface area contributed by atoms with Crippen molar-refractivity contribution in [3.63, 3.8) is 0 Å². The van der Waals surface area contributed by atoms with Gasteiger partial charge in [-0.1, -0.05) is 39.0 Å². The minimum absolute atomic E-state index is 0.331. The van der Waals surface area contributed by atoms with Gasteiger partial charge in [0.15, 0.2) is 17.5 Å². The van der Waals surface area contributed by atoms with E-state index in [2.05, 4.69) is 11.7 Å². The monoisotopic (exact) mass is 404 g/mol. The summed E-state index contributed by atoms with van der Waals surface area (Å²) in [4.78, 5) is 0. The van der Waals surface area contributed by atoms with Crippen LogP contribution in [-0.4, -0.2) is 6.11 Å². The number of ether oxygens (including phenoxy) is 1. The van der Waals surface area contributed by atoms with E-state index in [1.807, 2.05) is 0 Å². The zero-order valence-corrected chi connectivity index (χ0v) is 16.3. The molecule has 2 atom stereocenters. The average Bonchev–Trinajstić information content (AvgIpc) is 2.91. The molecule has 0 radical (unpaired) electrons. The second-order valence-electron chi connectivity index (χ2n) is 8.52. The molecule has 0 N–H and O–H groups in total. The van der Waals surface area contributed by atoms with E-state index in [1.54, 1.807) is 0 Å². The summed E-state index contributed by atoms with van der Waals surface area (Å²) in [5, 5.41) is 0. The van der Waals surface area contributed by atoms with Crippen LogP contribution in [-0.2, 0) is 0 Å². The lowest BCUT2D eigenvalue weighted by atomic mass is 9.73. The fraction of sp³-hybridized carbons (Fsp3) is 0.727. The Bertz CT molecular complexity index is 631. The maximum atomic E-state index is 14.5. The Morgan fingerprint density at radius 1 is 0.857 bits per heavy atom. The van der Waals surface area contributed by atoms with E-state index in [9.17, 15) is 22.0 Å². The van der Waals surface area contributed by atoms with Crippen LogP contribution in [0.5, 0.6) is 5.75 Å². The molecule has 1 nitrogen and oxygen atoms in total. The molecule has 0 aliphatic heterocycles. The molecule has 2 saturated carbocycles. The Kier molecular flexibility index (Phi) is 6.87. The van der Waals surface area contributed by atoms with E-state index < -0.39 is 35.2 Å². The largest absolute Gasteiger partial charge is 0.432 e. The first kappa shape index (κ1) is 21.4. The molecule has 2 fully saturated rings. The third-order valence-electron chi connectivity index (χ3n) is 6.84. The Morgan fingerprint density at radius 2 is 1.43 bits per heavy atom. The van der Waals surface area contributed by atoms with Crippen molar-refractivity contribution >= 4 is 0 Å². The fourth-order valence-corrected chi connectivity index (χ4v) is 5.05. The highest BCUT2D eigenvalue weighted by molar-refractivity contribution is 5.25. The summed E-state index contributed by atoms with van der Waals surface area (Å²) in [5.74, 6) is -4.54. The highest BCUT2D eigenvalue weighted by Gasteiger charge is 2.45. The van der Waals surface area contributed by atoms with E-state index >= 15 is 0 Å². The average molecular weight is 404 g/mol. The fourth-order valence-electron chi connectivity index (χ4n) is 5.05. The number of halogens is 5. The highest BCUT2D eigenvalue weighted by atomic mass is 19.3. The Hall–Kier alpha value is -1.33. The van der Waals surface area contributed by atoms with E-state index in [-0.39, 0.29) is 0 Å². The number of benzene rings is 1. The van der Waals surface area contributed by atoms with Gasteiger partial charge in [-0.2, -0.15) is 8.78 Å². The van der Waals surface area contributed by atoms with Crippen molar-refractivity contribution in [2.45, 2.75) is 77.2 Å². The molecule has 1 aromatic carbocycles. The van der Waals surface area contributed by atoms with Crippen LogP contribution in [0.1, 0.15) is 71.1 Å². The third kappa shape index (κ3) is 4.98. The Morgan fingerprint density at radius 3 is 2.04 bits per heavy atom. The van der Waals surface area contributed by atoms with E-state index in [0.29, 0.717) is 36.8 Å². The van der Waals surface area contributed by atoms with Gasteiger partial charge in [0.1, 0.15) is 5.75 Å². The van der Waals surface area contributed by atoms with Crippen molar-refractivity contribution in [1.29, 1.82) is 0 Å². The van der Waals surface area contributed by atoms with Crippen LogP contribution >= 0.6 is 0 Å². The number of hydrogen-bond donors (Lipinski definition) is 0. The maximum Gasteiger partial charge on any atom is 0.400 e. The highest BCUT2D eigenvalue weighted by Crippen LogP contribution is 2.45. The van der Waals surface area contributed by atoms with Gasteiger partial charge in [0, 0.05) is 12.1 Å². The topological polar surface area (TPSA) is 9.23 Å². The lowest BCUT2D eigenvalue weighted by Crippen LogP contribution is -2.38. The summed E-state index contributed by atoms with van der Waals surface area (Å²) in [6.07, 6.45) is 5.93. The van der Waals surface area contributed by atoms with Crippen molar-refractivity contribution in [2.75, 3.05) is 0 Å². The normalized spacial score (nSPS) is 29.4. The molecular weight excluding hydrogens is 375 g/mol. The molecule has 0 aromatic heterocycles. The van der Waals surface area contributed by atoms with Crippen LogP contribution in [0.4, 0.5) is 22.0 Å². The molecule has 1 aromatic rings. The second-order valence-corrected chi connectivity index (χ2v) is 8.52. The third-order valence-corrected chi connectivity index (χ3v) is 6.84. The van der Waals surface area contributed by atoms with Gasteiger partial charge in [-0.05, 0) is 49.9 Å². The minimum atomic E-state index is -3.53. The number of alkyl halides is 2. The predicted molar refractivity (Wildman–Crippen MR) is 97.7 cm³/mol. The van der Waals surface area contributed by atoms with Crippen LogP contribution in [0.25, 0.3) is 0 Å². The van der Waals surface area contributed by atoms with Crippen LogP contribution in [0.15, 0.2) is 12.1 Å². The number of rotatable bonds is 5. The predicted octanol–water partition coefficient (Wildman–Crippen LogP) is 7.49. The molecule has 2 aliphatic carbocycles. The van der Waals surface area contributed by atoms with Gasteiger partial charge in [0.05, 0.1) is 5.92 Å². The molecule has 0 bridgehead atoms. The molecule has 2 aliphatic rings. The van der Waals surface area contributed by atoms with Crippen LogP contribution in [0.3, 0.4) is 0 Å².